The quantitative estimate of drug-likeness (QED) is 0.668. The molecular weight excluding hydrogens is 176 g/mol. The molecule has 4 nitrogen and oxygen atoms in total. The third kappa shape index (κ3) is 1.57. The number of rotatable bonds is 1. The van der Waals surface area contributed by atoms with E-state index in [4.69, 9.17) is 5.26 Å². The Hall–Kier alpha value is -2.28. The van der Waals surface area contributed by atoms with Gasteiger partial charge in [-0.15, -0.1) is 0 Å². The summed E-state index contributed by atoms with van der Waals surface area (Å²) in [5, 5.41) is 8.64. The van der Waals surface area contributed by atoms with Gasteiger partial charge < -0.3 is 0 Å². The first-order chi connectivity index (χ1) is 6.90. The van der Waals surface area contributed by atoms with Crippen molar-refractivity contribution in [2.45, 2.75) is 0 Å². The Balaban J connectivity index is 2.49. The lowest BCUT2D eigenvalue weighted by Gasteiger charge is -1.98. The van der Waals surface area contributed by atoms with Crippen molar-refractivity contribution in [1.29, 1.82) is 5.26 Å². The summed E-state index contributed by atoms with van der Waals surface area (Å²) < 4.78 is 0. The van der Waals surface area contributed by atoms with Crippen molar-refractivity contribution < 1.29 is 0 Å². The SMILES string of the molecule is N#Cc1cncc(-c2cccnc2)n1. The zero-order chi connectivity index (χ0) is 9.80. The van der Waals surface area contributed by atoms with Crippen LogP contribution in [-0.2, 0) is 0 Å². The summed E-state index contributed by atoms with van der Waals surface area (Å²) in [4.78, 5) is 12.0. The summed E-state index contributed by atoms with van der Waals surface area (Å²) in [7, 11) is 0. The van der Waals surface area contributed by atoms with Crippen LogP contribution >= 0.6 is 0 Å². The number of hydrogen-bond acceptors (Lipinski definition) is 4. The van der Waals surface area contributed by atoms with Crippen molar-refractivity contribution in [3.8, 4) is 17.3 Å². The minimum Gasteiger partial charge on any atom is -0.264 e. The van der Waals surface area contributed by atoms with E-state index in [1.54, 1.807) is 18.6 Å². The first-order valence-electron chi connectivity index (χ1n) is 4.02. The summed E-state index contributed by atoms with van der Waals surface area (Å²) in [6.45, 7) is 0. The third-order valence-electron chi connectivity index (χ3n) is 1.71. The molecule has 0 bridgehead atoms. The maximum Gasteiger partial charge on any atom is 0.159 e. The van der Waals surface area contributed by atoms with Gasteiger partial charge in [0.1, 0.15) is 6.07 Å². The molecule has 0 fully saturated rings. The Morgan fingerprint density at radius 2 is 2.07 bits per heavy atom. The lowest BCUT2D eigenvalue weighted by molar-refractivity contribution is 1.16. The van der Waals surface area contributed by atoms with Gasteiger partial charge in [-0.2, -0.15) is 5.26 Å². The molecule has 2 heterocycles. The molecule has 2 aromatic rings. The molecule has 0 radical (unpaired) electrons. The molecule has 0 atom stereocenters. The molecule has 0 aliphatic heterocycles. The number of aromatic nitrogens is 3. The Morgan fingerprint density at radius 1 is 1.14 bits per heavy atom. The van der Waals surface area contributed by atoms with E-state index >= 15 is 0 Å². The van der Waals surface area contributed by atoms with Gasteiger partial charge in [-0.3, -0.25) is 9.97 Å². The van der Waals surface area contributed by atoms with Crippen LogP contribution in [-0.4, -0.2) is 15.0 Å². The smallest absolute Gasteiger partial charge is 0.159 e. The van der Waals surface area contributed by atoms with E-state index in [2.05, 4.69) is 15.0 Å². The van der Waals surface area contributed by atoms with E-state index in [0.29, 0.717) is 11.4 Å². The highest BCUT2D eigenvalue weighted by molar-refractivity contribution is 5.56. The molecule has 4 heteroatoms. The Labute approximate surface area is 80.9 Å². The van der Waals surface area contributed by atoms with E-state index in [1.807, 2.05) is 18.2 Å². The first-order valence-corrected chi connectivity index (χ1v) is 4.02. The zero-order valence-electron chi connectivity index (χ0n) is 7.25. The second kappa shape index (κ2) is 3.62. The molecule has 0 N–H and O–H groups in total. The van der Waals surface area contributed by atoms with Crippen LogP contribution in [0.4, 0.5) is 0 Å². The van der Waals surface area contributed by atoms with Crippen LogP contribution < -0.4 is 0 Å². The molecule has 0 aromatic carbocycles. The van der Waals surface area contributed by atoms with Crippen LogP contribution in [0.5, 0.6) is 0 Å². The van der Waals surface area contributed by atoms with Crippen LogP contribution in [0.15, 0.2) is 36.9 Å². The van der Waals surface area contributed by atoms with Gasteiger partial charge in [0.15, 0.2) is 5.69 Å². The maximum absolute atomic E-state index is 8.64. The number of nitriles is 1. The van der Waals surface area contributed by atoms with Crippen molar-refractivity contribution in [3.05, 3.63) is 42.6 Å². The van der Waals surface area contributed by atoms with Gasteiger partial charge in [0, 0.05) is 18.0 Å². The average molecular weight is 182 g/mol. The van der Waals surface area contributed by atoms with Crippen LogP contribution in [0.3, 0.4) is 0 Å². The zero-order valence-corrected chi connectivity index (χ0v) is 7.25. The molecule has 66 valence electrons. The fourth-order valence-corrected chi connectivity index (χ4v) is 1.07. The predicted octanol–water partition coefficient (Wildman–Crippen LogP) is 1.41. The highest BCUT2D eigenvalue weighted by atomic mass is 14.8. The lowest BCUT2D eigenvalue weighted by atomic mass is 10.2. The largest absolute Gasteiger partial charge is 0.264 e. The summed E-state index contributed by atoms with van der Waals surface area (Å²) >= 11 is 0. The lowest BCUT2D eigenvalue weighted by Crippen LogP contribution is -1.89. The summed E-state index contributed by atoms with van der Waals surface area (Å²) in [5.74, 6) is 0. The minimum absolute atomic E-state index is 0.311. The third-order valence-corrected chi connectivity index (χ3v) is 1.71. The van der Waals surface area contributed by atoms with Crippen molar-refractivity contribution in [2.24, 2.45) is 0 Å². The molecule has 0 aliphatic rings. The van der Waals surface area contributed by atoms with E-state index < -0.39 is 0 Å². The van der Waals surface area contributed by atoms with Gasteiger partial charge >= 0.3 is 0 Å². The fraction of sp³-hybridized carbons (Fsp3) is 0. The molecule has 0 saturated carbocycles. The van der Waals surface area contributed by atoms with Crippen molar-refractivity contribution in [1.82, 2.24) is 15.0 Å². The van der Waals surface area contributed by atoms with Gasteiger partial charge in [-0.1, -0.05) is 0 Å². The van der Waals surface area contributed by atoms with Crippen LogP contribution in [0.2, 0.25) is 0 Å². The van der Waals surface area contributed by atoms with Crippen molar-refractivity contribution in [3.63, 3.8) is 0 Å². The molecule has 14 heavy (non-hydrogen) atoms. The molecule has 0 amide bonds. The first kappa shape index (κ1) is 8.32. The Kier molecular flexibility index (Phi) is 2.15. The van der Waals surface area contributed by atoms with Crippen LogP contribution in [0.25, 0.3) is 11.3 Å². The summed E-state index contributed by atoms with van der Waals surface area (Å²) in [6, 6.07) is 5.63. The van der Waals surface area contributed by atoms with Crippen molar-refractivity contribution in [2.75, 3.05) is 0 Å². The highest BCUT2D eigenvalue weighted by Gasteiger charge is 2.00. The van der Waals surface area contributed by atoms with E-state index in [1.165, 1.54) is 6.20 Å². The maximum atomic E-state index is 8.64. The van der Waals surface area contributed by atoms with Gasteiger partial charge in [-0.25, -0.2) is 4.98 Å². The van der Waals surface area contributed by atoms with Crippen molar-refractivity contribution >= 4 is 0 Å². The van der Waals surface area contributed by atoms with Gasteiger partial charge in [0.25, 0.3) is 0 Å². The molecule has 0 aliphatic carbocycles. The number of pyridine rings is 1. The molecule has 0 unspecified atom stereocenters. The predicted molar refractivity (Wildman–Crippen MR) is 50.0 cm³/mol. The minimum atomic E-state index is 0.311. The second-order valence-electron chi connectivity index (χ2n) is 2.64. The van der Waals surface area contributed by atoms with E-state index in [-0.39, 0.29) is 0 Å². The fourth-order valence-electron chi connectivity index (χ4n) is 1.07. The molecule has 2 aromatic heterocycles. The van der Waals surface area contributed by atoms with Gasteiger partial charge in [0.05, 0.1) is 18.1 Å². The summed E-state index contributed by atoms with van der Waals surface area (Å²) in [6.07, 6.45) is 6.41. The van der Waals surface area contributed by atoms with Gasteiger partial charge in [0.2, 0.25) is 0 Å². The normalized spacial score (nSPS) is 9.36. The average Bonchev–Trinajstić information content (AvgIpc) is 2.30. The molecule has 2 rings (SSSR count). The van der Waals surface area contributed by atoms with Gasteiger partial charge in [-0.05, 0) is 12.1 Å². The topological polar surface area (TPSA) is 62.5 Å². The highest BCUT2D eigenvalue weighted by Crippen LogP contribution is 2.13. The number of nitrogens with zero attached hydrogens (tertiary/aromatic N) is 4. The number of hydrogen-bond donors (Lipinski definition) is 0. The van der Waals surface area contributed by atoms with Crippen LogP contribution in [0.1, 0.15) is 5.69 Å². The second-order valence-corrected chi connectivity index (χ2v) is 2.64. The standard InChI is InChI=1S/C10H6N4/c11-4-9-6-13-7-10(14-9)8-2-1-3-12-5-8/h1-3,5-7H. The van der Waals surface area contributed by atoms with E-state index in [9.17, 15) is 0 Å². The van der Waals surface area contributed by atoms with E-state index in [0.717, 1.165) is 5.56 Å². The monoisotopic (exact) mass is 182 g/mol. The van der Waals surface area contributed by atoms with Crippen LogP contribution in [0, 0.1) is 11.3 Å². The summed E-state index contributed by atoms with van der Waals surface area (Å²) in [5.41, 5.74) is 1.83. The molecular formula is C10H6N4. The molecule has 0 spiro atoms. The molecule has 0 saturated heterocycles. The Bertz CT molecular complexity index is 473. The Morgan fingerprint density at radius 3 is 2.79 bits per heavy atom.